The smallest absolute Gasteiger partial charge is 0.247 e. The molecule has 1 heterocycles. The van der Waals surface area contributed by atoms with E-state index in [2.05, 4.69) is 5.32 Å². The van der Waals surface area contributed by atoms with E-state index in [1.807, 2.05) is 26.0 Å². The van der Waals surface area contributed by atoms with E-state index >= 15 is 0 Å². The molecule has 1 aliphatic heterocycles. The molecule has 158 valence electrons. The maximum atomic E-state index is 12.7. The maximum absolute atomic E-state index is 12.7. The van der Waals surface area contributed by atoms with E-state index in [9.17, 15) is 14.4 Å². The molecular weight excluding hydrogens is 380 g/mol. The van der Waals surface area contributed by atoms with E-state index in [1.165, 1.54) is 0 Å². The minimum Gasteiger partial charge on any atom is -0.497 e. The van der Waals surface area contributed by atoms with Gasteiger partial charge in [-0.25, -0.2) is 0 Å². The Morgan fingerprint density at radius 1 is 1.03 bits per heavy atom. The monoisotopic (exact) mass is 408 g/mol. The van der Waals surface area contributed by atoms with Crippen molar-refractivity contribution in [2.24, 2.45) is 0 Å². The number of Topliss-reactive ketones (excluding diaryl/α,β-unsaturated/α-hetero) is 1. The highest BCUT2D eigenvalue weighted by atomic mass is 16.5. The molecule has 1 aliphatic rings. The van der Waals surface area contributed by atoms with Gasteiger partial charge in [0.15, 0.2) is 5.78 Å². The number of ketones is 1. The molecule has 1 N–H and O–H groups in total. The van der Waals surface area contributed by atoms with E-state index in [-0.39, 0.29) is 30.4 Å². The van der Waals surface area contributed by atoms with Crippen LogP contribution in [0.4, 0.5) is 5.69 Å². The highest BCUT2D eigenvalue weighted by molar-refractivity contribution is 6.00. The van der Waals surface area contributed by atoms with Gasteiger partial charge in [0.2, 0.25) is 11.8 Å². The Morgan fingerprint density at radius 3 is 2.43 bits per heavy atom. The summed E-state index contributed by atoms with van der Waals surface area (Å²) in [5, 5.41) is 2.87. The second kappa shape index (κ2) is 9.57. The number of methoxy groups -OCH3 is 1. The van der Waals surface area contributed by atoms with Gasteiger partial charge in [0.05, 0.1) is 7.11 Å². The van der Waals surface area contributed by atoms with Gasteiger partial charge in [0.1, 0.15) is 11.8 Å². The lowest BCUT2D eigenvalue weighted by atomic mass is 10.0. The van der Waals surface area contributed by atoms with Crippen LogP contribution in [-0.4, -0.2) is 42.2 Å². The molecule has 0 aliphatic carbocycles. The van der Waals surface area contributed by atoms with Gasteiger partial charge in [-0.2, -0.15) is 0 Å². The molecule has 0 radical (unpaired) electrons. The Balaban J connectivity index is 1.57. The molecular formula is C24H28N2O4. The number of likely N-dealkylation sites (tertiary alicyclic amines) is 1. The van der Waals surface area contributed by atoms with Gasteiger partial charge in [-0.15, -0.1) is 0 Å². The number of nitrogens with zero attached hydrogens (tertiary/aromatic N) is 1. The zero-order valence-electron chi connectivity index (χ0n) is 17.7. The molecule has 0 saturated carbocycles. The number of ether oxygens (including phenoxy) is 1. The predicted molar refractivity (Wildman–Crippen MR) is 116 cm³/mol. The first kappa shape index (κ1) is 21.6. The Morgan fingerprint density at radius 2 is 1.77 bits per heavy atom. The summed E-state index contributed by atoms with van der Waals surface area (Å²) in [6, 6.07) is 12.2. The van der Waals surface area contributed by atoms with Crippen LogP contribution in [0.3, 0.4) is 0 Å². The minimum absolute atomic E-state index is 0.0510. The Hall–Kier alpha value is -3.15. The molecule has 1 unspecified atom stereocenters. The summed E-state index contributed by atoms with van der Waals surface area (Å²) in [5.74, 6) is 0.301. The Bertz CT molecular complexity index is 937. The van der Waals surface area contributed by atoms with Crippen molar-refractivity contribution in [3.63, 3.8) is 0 Å². The van der Waals surface area contributed by atoms with Crippen molar-refractivity contribution < 1.29 is 19.1 Å². The number of carbonyl (C=O) groups is 3. The molecule has 0 aromatic heterocycles. The summed E-state index contributed by atoms with van der Waals surface area (Å²) in [6.07, 6.45) is 1.65. The third-order valence-electron chi connectivity index (χ3n) is 5.63. The third kappa shape index (κ3) is 5.06. The van der Waals surface area contributed by atoms with Crippen molar-refractivity contribution in [2.45, 2.75) is 45.6 Å². The van der Waals surface area contributed by atoms with E-state index in [0.29, 0.717) is 30.0 Å². The largest absolute Gasteiger partial charge is 0.497 e. The predicted octanol–water partition coefficient (Wildman–Crippen LogP) is 3.90. The first-order valence-corrected chi connectivity index (χ1v) is 10.2. The van der Waals surface area contributed by atoms with E-state index < -0.39 is 6.04 Å². The van der Waals surface area contributed by atoms with Gasteiger partial charge in [0.25, 0.3) is 0 Å². The highest BCUT2D eigenvalue weighted by Gasteiger charge is 2.34. The third-order valence-corrected chi connectivity index (χ3v) is 5.63. The summed E-state index contributed by atoms with van der Waals surface area (Å²) in [4.78, 5) is 39.5. The Labute approximate surface area is 177 Å². The average Bonchev–Trinajstić information content (AvgIpc) is 3.24. The van der Waals surface area contributed by atoms with Crippen LogP contribution in [0.5, 0.6) is 5.75 Å². The van der Waals surface area contributed by atoms with Crippen molar-refractivity contribution in [1.29, 1.82) is 0 Å². The van der Waals surface area contributed by atoms with Crippen LogP contribution in [0.1, 0.15) is 47.2 Å². The number of nitrogens with one attached hydrogen (secondary N) is 1. The lowest BCUT2D eigenvalue weighted by molar-refractivity contribution is -0.136. The summed E-state index contributed by atoms with van der Waals surface area (Å²) in [5.41, 5.74) is 3.47. The quantitative estimate of drug-likeness (QED) is 0.705. The average molecular weight is 408 g/mol. The van der Waals surface area contributed by atoms with Crippen LogP contribution in [0.2, 0.25) is 0 Å². The van der Waals surface area contributed by atoms with Gasteiger partial charge < -0.3 is 15.0 Å². The molecule has 30 heavy (non-hydrogen) atoms. The molecule has 1 saturated heterocycles. The molecule has 2 amide bonds. The molecule has 0 spiro atoms. The zero-order valence-corrected chi connectivity index (χ0v) is 17.7. The molecule has 6 heteroatoms. The Kier molecular flexibility index (Phi) is 6.87. The van der Waals surface area contributed by atoms with E-state index in [0.717, 1.165) is 17.5 Å². The second-order valence-corrected chi connectivity index (χ2v) is 7.69. The number of benzene rings is 2. The molecule has 1 fully saturated rings. The van der Waals surface area contributed by atoms with Crippen LogP contribution < -0.4 is 10.1 Å². The van der Waals surface area contributed by atoms with Crippen molar-refractivity contribution in [2.75, 3.05) is 19.0 Å². The van der Waals surface area contributed by atoms with Crippen LogP contribution in [0.25, 0.3) is 0 Å². The highest BCUT2D eigenvalue weighted by Crippen LogP contribution is 2.22. The normalized spacial score (nSPS) is 15.7. The van der Waals surface area contributed by atoms with Crippen LogP contribution in [-0.2, 0) is 9.59 Å². The lowest BCUT2D eigenvalue weighted by Crippen LogP contribution is -2.43. The fourth-order valence-electron chi connectivity index (χ4n) is 3.66. The fraction of sp³-hybridized carbons (Fsp3) is 0.375. The van der Waals surface area contributed by atoms with E-state index in [1.54, 1.807) is 42.3 Å². The molecule has 0 bridgehead atoms. The van der Waals surface area contributed by atoms with Crippen molar-refractivity contribution in [3.8, 4) is 5.75 Å². The van der Waals surface area contributed by atoms with Gasteiger partial charge in [-0.1, -0.05) is 12.1 Å². The topological polar surface area (TPSA) is 75.7 Å². The first-order valence-electron chi connectivity index (χ1n) is 10.2. The molecule has 2 aromatic carbocycles. The standard InChI is InChI=1S/C24H28N2O4/c1-16-6-7-18(15-17(16)2)22(27)12-13-23(28)26-14-4-5-21(26)24(29)25-19-8-10-20(30-3)11-9-19/h6-11,15,21H,4-5,12-14H2,1-3H3,(H,25,29). The van der Waals surface area contributed by atoms with Gasteiger partial charge in [-0.05, 0) is 68.1 Å². The molecule has 1 atom stereocenters. The number of amides is 2. The van der Waals surface area contributed by atoms with Crippen molar-refractivity contribution in [3.05, 3.63) is 59.2 Å². The van der Waals surface area contributed by atoms with Crippen LogP contribution in [0.15, 0.2) is 42.5 Å². The maximum Gasteiger partial charge on any atom is 0.247 e. The zero-order chi connectivity index (χ0) is 21.7. The number of rotatable bonds is 7. The summed E-state index contributed by atoms with van der Waals surface area (Å²) < 4.78 is 5.12. The number of anilines is 1. The van der Waals surface area contributed by atoms with Gasteiger partial charge in [-0.3, -0.25) is 14.4 Å². The molecule has 2 aromatic rings. The van der Waals surface area contributed by atoms with Gasteiger partial charge >= 0.3 is 0 Å². The fourth-order valence-corrected chi connectivity index (χ4v) is 3.66. The first-order chi connectivity index (χ1) is 14.4. The number of hydrogen-bond donors (Lipinski definition) is 1. The summed E-state index contributed by atoms with van der Waals surface area (Å²) >= 11 is 0. The number of carbonyl (C=O) groups excluding carboxylic acids is 3. The van der Waals surface area contributed by atoms with Crippen molar-refractivity contribution in [1.82, 2.24) is 4.90 Å². The van der Waals surface area contributed by atoms with Crippen molar-refractivity contribution >= 4 is 23.3 Å². The molecule has 6 nitrogen and oxygen atoms in total. The number of aryl methyl sites for hydroxylation is 2. The summed E-state index contributed by atoms with van der Waals surface area (Å²) in [7, 11) is 1.58. The van der Waals surface area contributed by atoms with E-state index in [4.69, 9.17) is 4.74 Å². The SMILES string of the molecule is COc1ccc(NC(=O)C2CCCN2C(=O)CCC(=O)c2ccc(C)c(C)c2)cc1. The van der Waals surface area contributed by atoms with Gasteiger partial charge in [0, 0.05) is 30.6 Å². The molecule has 3 rings (SSSR count). The number of hydrogen-bond acceptors (Lipinski definition) is 4. The van der Waals surface area contributed by atoms with Crippen LogP contribution in [0, 0.1) is 13.8 Å². The van der Waals surface area contributed by atoms with Crippen LogP contribution >= 0.6 is 0 Å². The summed E-state index contributed by atoms with van der Waals surface area (Å²) in [6.45, 7) is 4.50. The minimum atomic E-state index is -0.503. The lowest BCUT2D eigenvalue weighted by Gasteiger charge is -2.24. The second-order valence-electron chi connectivity index (χ2n) is 7.69.